The topological polar surface area (TPSA) is 33.2 Å². The van der Waals surface area contributed by atoms with E-state index in [0.717, 1.165) is 5.56 Å². The SMILES string of the molecule is O=C1CSC(c2cccc(Cl)c2)N1c1ccccn1. The number of pyridine rings is 1. The Morgan fingerprint density at radius 2 is 2.16 bits per heavy atom. The molecule has 0 spiro atoms. The van der Waals surface area contributed by atoms with E-state index >= 15 is 0 Å². The zero-order valence-electron chi connectivity index (χ0n) is 9.99. The highest BCUT2D eigenvalue weighted by atomic mass is 35.5. The fourth-order valence-corrected chi connectivity index (χ4v) is 3.43. The lowest BCUT2D eigenvalue weighted by Crippen LogP contribution is -2.28. The van der Waals surface area contributed by atoms with Crippen LogP contribution in [-0.4, -0.2) is 16.6 Å². The van der Waals surface area contributed by atoms with E-state index < -0.39 is 0 Å². The molecule has 1 fully saturated rings. The van der Waals surface area contributed by atoms with Crippen LogP contribution in [-0.2, 0) is 4.79 Å². The van der Waals surface area contributed by atoms with Crippen molar-refractivity contribution in [1.29, 1.82) is 0 Å². The number of hydrogen-bond donors (Lipinski definition) is 0. The summed E-state index contributed by atoms with van der Waals surface area (Å²) in [5.74, 6) is 1.23. The molecule has 0 bridgehead atoms. The molecule has 1 unspecified atom stereocenters. The number of thioether (sulfide) groups is 1. The lowest BCUT2D eigenvalue weighted by molar-refractivity contribution is -0.115. The van der Waals surface area contributed by atoms with Gasteiger partial charge in [-0.1, -0.05) is 29.8 Å². The Labute approximate surface area is 120 Å². The fourth-order valence-electron chi connectivity index (χ4n) is 2.07. The molecule has 3 rings (SSSR count). The number of hydrogen-bond acceptors (Lipinski definition) is 3. The van der Waals surface area contributed by atoms with Crippen LogP contribution >= 0.6 is 23.4 Å². The summed E-state index contributed by atoms with van der Waals surface area (Å²) in [5.41, 5.74) is 1.02. The van der Waals surface area contributed by atoms with Gasteiger partial charge in [0.25, 0.3) is 0 Å². The maximum atomic E-state index is 12.1. The molecule has 1 aliphatic rings. The third-order valence-corrected chi connectivity index (χ3v) is 4.35. The molecule has 1 saturated heterocycles. The number of carbonyl (C=O) groups excluding carboxylic acids is 1. The Balaban J connectivity index is 1.99. The van der Waals surface area contributed by atoms with Crippen molar-refractivity contribution in [2.75, 3.05) is 10.7 Å². The summed E-state index contributed by atoms with van der Waals surface area (Å²) in [6.45, 7) is 0. The normalized spacial score (nSPS) is 18.9. The largest absolute Gasteiger partial charge is 0.279 e. The number of carbonyl (C=O) groups is 1. The quantitative estimate of drug-likeness (QED) is 0.848. The Morgan fingerprint density at radius 3 is 2.89 bits per heavy atom. The van der Waals surface area contributed by atoms with Crippen molar-refractivity contribution in [2.45, 2.75) is 5.37 Å². The van der Waals surface area contributed by atoms with Gasteiger partial charge in [0, 0.05) is 11.2 Å². The minimum absolute atomic E-state index is 0.0545. The van der Waals surface area contributed by atoms with Crippen LogP contribution < -0.4 is 4.90 Å². The molecule has 3 nitrogen and oxygen atoms in total. The van der Waals surface area contributed by atoms with Crippen LogP contribution in [0, 0.1) is 0 Å². The van der Waals surface area contributed by atoms with Gasteiger partial charge in [-0.3, -0.25) is 9.69 Å². The summed E-state index contributed by atoms with van der Waals surface area (Å²) < 4.78 is 0. The number of benzene rings is 1. The first-order valence-electron chi connectivity index (χ1n) is 5.86. The second kappa shape index (κ2) is 5.23. The molecule has 19 heavy (non-hydrogen) atoms. The van der Waals surface area contributed by atoms with Gasteiger partial charge in [-0.05, 0) is 29.8 Å². The van der Waals surface area contributed by atoms with Gasteiger partial charge in [-0.15, -0.1) is 11.8 Å². The number of halogens is 1. The summed E-state index contributed by atoms with van der Waals surface area (Å²) in [5, 5.41) is 0.625. The summed E-state index contributed by atoms with van der Waals surface area (Å²) in [4.78, 5) is 18.1. The van der Waals surface area contributed by atoms with Crippen LogP contribution in [0.15, 0.2) is 48.7 Å². The molecule has 1 amide bonds. The molecule has 2 aromatic rings. The van der Waals surface area contributed by atoms with Gasteiger partial charge >= 0.3 is 0 Å². The Bertz CT molecular complexity index is 605. The Morgan fingerprint density at radius 1 is 1.26 bits per heavy atom. The number of amides is 1. The van der Waals surface area contributed by atoms with Gasteiger partial charge in [-0.25, -0.2) is 4.98 Å². The third-order valence-electron chi connectivity index (χ3n) is 2.90. The first-order chi connectivity index (χ1) is 9.25. The van der Waals surface area contributed by atoms with Crippen molar-refractivity contribution in [3.05, 3.63) is 59.2 Å². The van der Waals surface area contributed by atoms with Gasteiger partial charge in [0.15, 0.2) is 0 Å². The highest BCUT2D eigenvalue weighted by Crippen LogP contribution is 2.41. The molecule has 1 aromatic heterocycles. The third kappa shape index (κ3) is 2.46. The van der Waals surface area contributed by atoms with Crippen LogP contribution in [0.2, 0.25) is 5.02 Å². The maximum absolute atomic E-state index is 12.1. The minimum Gasteiger partial charge on any atom is -0.279 e. The molecule has 1 aromatic carbocycles. The van der Waals surface area contributed by atoms with Crippen LogP contribution in [0.25, 0.3) is 0 Å². The van der Waals surface area contributed by atoms with E-state index in [-0.39, 0.29) is 11.3 Å². The predicted molar refractivity (Wildman–Crippen MR) is 78.4 cm³/mol. The predicted octanol–water partition coefficient (Wildman–Crippen LogP) is 3.51. The summed E-state index contributed by atoms with van der Waals surface area (Å²) in [7, 11) is 0. The average Bonchev–Trinajstić information content (AvgIpc) is 2.82. The first kappa shape index (κ1) is 12.5. The highest BCUT2D eigenvalue weighted by Gasteiger charge is 2.34. The van der Waals surface area contributed by atoms with Crippen LogP contribution in [0.1, 0.15) is 10.9 Å². The lowest BCUT2D eigenvalue weighted by atomic mass is 10.2. The molecule has 5 heteroatoms. The standard InChI is InChI=1S/C14H11ClN2OS/c15-11-5-3-4-10(8-11)14-17(13(18)9-19-14)12-6-1-2-7-16-12/h1-8,14H,9H2. The molecule has 0 aliphatic carbocycles. The zero-order chi connectivity index (χ0) is 13.2. The molecule has 0 radical (unpaired) electrons. The summed E-state index contributed by atoms with van der Waals surface area (Å²) in [6.07, 6.45) is 1.70. The van der Waals surface area contributed by atoms with Gasteiger partial charge in [0.2, 0.25) is 5.91 Å². The first-order valence-corrected chi connectivity index (χ1v) is 7.28. The van der Waals surface area contributed by atoms with E-state index in [9.17, 15) is 4.79 Å². The maximum Gasteiger partial charge on any atom is 0.239 e. The Kier molecular flexibility index (Phi) is 3.44. The molecule has 0 saturated carbocycles. The zero-order valence-corrected chi connectivity index (χ0v) is 11.6. The molecular formula is C14H11ClN2OS. The highest BCUT2D eigenvalue weighted by molar-refractivity contribution is 8.00. The second-order valence-corrected chi connectivity index (χ2v) is 5.68. The van der Waals surface area contributed by atoms with Gasteiger partial charge in [0.05, 0.1) is 5.75 Å². The van der Waals surface area contributed by atoms with E-state index in [1.807, 2.05) is 42.5 Å². The second-order valence-electron chi connectivity index (χ2n) is 4.17. The van der Waals surface area contributed by atoms with Crippen molar-refractivity contribution < 1.29 is 4.79 Å². The van der Waals surface area contributed by atoms with Crippen molar-refractivity contribution in [3.63, 3.8) is 0 Å². The van der Waals surface area contributed by atoms with Gasteiger partial charge < -0.3 is 0 Å². The van der Waals surface area contributed by atoms with Crippen molar-refractivity contribution in [1.82, 2.24) is 4.98 Å². The molecule has 2 heterocycles. The molecule has 0 N–H and O–H groups in total. The van der Waals surface area contributed by atoms with E-state index in [1.165, 1.54) is 0 Å². The minimum atomic E-state index is -0.0545. The number of aromatic nitrogens is 1. The van der Waals surface area contributed by atoms with E-state index in [2.05, 4.69) is 4.98 Å². The van der Waals surface area contributed by atoms with E-state index in [0.29, 0.717) is 16.6 Å². The molecule has 96 valence electrons. The number of rotatable bonds is 2. The molecular weight excluding hydrogens is 280 g/mol. The van der Waals surface area contributed by atoms with Crippen molar-refractivity contribution >= 4 is 35.1 Å². The fraction of sp³-hybridized carbons (Fsp3) is 0.143. The van der Waals surface area contributed by atoms with Crippen molar-refractivity contribution in [3.8, 4) is 0 Å². The molecule has 1 atom stereocenters. The number of anilines is 1. The monoisotopic (exact) mass is 290 g/mol. The van der Waals surface area contributed by atoms with Crippen LogP contribution in [0.5, 0.6) is 0 Å². The summed E-state index contributed by atoms with van der Waals surface area (Å²) >= 11 is 7.62. The van der Waals surface area contributed by atoms with E-state index in [1.54, 1.807) is 22.9 Å². The van der Waals surface area contributed by atoms with Crippen LogP contribution in [0.4, 0.5) is 5.82 Å². The number of nitrogens with zero attached hydrogens (tertiary/aromatic N) is 2. The summed E-state index contributed by atoms with van der Waals surface area (Å²) in [6, 6.07) is 13.2. The average molecular weight is 291 g/mol. The van der Waals surface area contributed by atoms with Crippen LogP contribution in [0.3, 0.4) is 0 Å². The lowest BCUT2D eigenvalue weighted by Gasteiger charge is -2.23. The Hall–Kier alpha value is -1.52. The van der Waals surface area contributed by atoms with Gasteiger partial charge in [0.1, 0.15) is 11.2 Å². The van der Waals surface area contributed by atoms with E-state index in [4.69, 9.17) is 11.6 Å². The van der Waals surface area contributed by atoms with Gasteiger partial charge in [-0.2, -0.15) is 0 Å². The smallest absolute Gasteiger partial charge is 0.239 e. The molecule has 1 aliphatic heterocycles. The van der Waals surface area contributed by atoms with Crippen molar-refractivity contribution in [2.24, 2.45) is 0 Å².